The molecule has 2 rings (SSSR count). The molecule has 0 spiro atoms. The molecule has 0 aliphatic rings. The molecule has 0 fully saturated rings. The molecule has 88 valence electrons. The van der Waals surface area contributed by atoms with Crippen molar-refractivity contribution < 1.29 is 9.18 Å². The van der Waals surface area contributed by atoms with Gasteiger partial charge in [0.2, 0.25) is 0 Å². The zero-order valence-corrected chi connectivity index (χ0v) is 11.5. The number of thiophene rings is 1. The van der Waals surface area contributed by atoms with Crippen molar-refractivity contribution in [1.82, 2.24) is 0 Å². The van der Waals surface area contributed by atoms with Crippen molar-refractivity contribution in [3.63, 3.8) is 0 Å². The van der Waals surface area contributed by atoms with Crippen molar-refractivity contribution in [2.24, 2.45) is 0 Å². The highest BCUT2D eigenvalue weighted by Crippen LogP contribution is 2.26. The first-order valence-electron chi connectivity index (χ1n) is 4.57. The summed E-state index contributed by atoms with van der Waals surface area (Å²) in [6.07, 6.45) is 0. The average Bonchev–Trinajstić information content (AvgIpc) is 2.70. The van der Waals surface area contributed by atoms with E-state index in [0.29, 0.717) is 5.56 Å². The van der Waals surface area contributed by atoms with Gasteiger partial charge in [0.25, 0.3) is 5.91 Å². The van der Waals surface area contributed by atoms with E-state index in [0.717, 1.165) is 3.79 Å². The minimum atomic E-state index is -0.555. The zero-order valence-electron chi connectivity index (χ0n) is 8.34. The van der Waals surface area contributed by atoms with E-state index in [-0.39, 0.29) is 16.6 Å². The molecule has 1 aromatic heterocycles. The molecular weight excluding hydrogens is 329 g/mol. The predicted octanol–water partition coefficient (Wildman–Crippen LogP) is 4.56. The van der Waals surface area contributed by atoms with Crippen molar-refractivity contribution in [2.75, 3.05) is 5.32 Å². The van der Waals surface area contributed by atoms with Gasteiger partial charge in [0.15, 0.2) is 0 Å². The van der Waals surface area contributed by atoms with Crippen LogP contribution in [-0.2, 0) is 0 Å². The van der Waals surface area contributed by atoms with Gasteiger partial charge in [-0.3, -0.25) is 4.79 Å². The van der Waals surface area contributed by atoms with Gasteiger partial charge in [-0.15, -0.1) is 11.3 Å². The topological polar surface area (TPSA) is 29.1 Å². The van der Waals surface area contributed by atoms with Crippen LogP contribution in [0.3, 0.4) is 0 Å². The lowest BCUT2D eigenvalue weighted by molar-refractivity contribution is 0.102. The van der Waals surface area contributed by atoms with Gasteiger partial charge in [-0.05, 0) is 34.1 Å². The molecule has 1 N–H and O–H groups in total. The smallest absolute Gasteiger partial charge is 0.256 e. The highest BCUT2D eigenvalue weighted by atomic mass is 79.9. The third kappa shape index (κ3) is 2.86. The van der Waals surface area contributed by atoms with Gasteiger partial charge in [0.1, 0.15) is 5.82 Å². The van der Waals surface area contributed by atoms with Gasteiger partial charge in [-0.2, -0.15) is 0 Å². The average molecular weight is 335 g/mol. The van der Waals surface area contributed by atoms with Crippen molar-refractivity contribution >= 4 is 50.5 Å². The quantitative estimate of drug-likeness (QED) is 0.857. The standard InChI is InChI=1S/C11H6BrClFNOS/c12-9-4-6(5-17-9)11(16)15-10-7(13)2-1-3-8(10)14/h1-5H,(H,15,16). The second kappa shape index (κ2) is 5.16. The molecule has 0 bridgehead atoms. The van der Waals surface area contributed by atoms with Crippen LogP contribution in [0.4, 0.5) is 10.1 Å². The maximum atomic E-state index is 13.4. The fourth-order valence-corrected chi connectivity index (χ4v) is 2.58. The molecule has 6 heteroatoms. The van der Waals surface area contributed by atoms with Crippen molar-refractivity contribution in [3.8, 4) is 0 Å². The SMILES string of the molecule is O=C(Nc1c(F)cccc1Cl)c1csc(Br)c1. The Morgan fingerprint density at radius 3 is 2.82 bits per heavy atom. The lowest BCUT2D eigenvalue weighted by Gasteiger charge is -2.06. The maximum absolute atomic E-state index is 13.4. The van der Waals surface area contributed by atoms with Gasteiger partial charge in [0.05, 0.1) is 20.1 Å². The lowest BCUT2D eigenvalue weighted by atomic mass is 10.2. The minimum absolute atomic E-state index is 0.00138. The van der Waals surface area contributed by atoms with Crippen LogP contribution in [0.15, 0.2) is 33.4 Å². The van der Waals surface area contributed by atoms with Gasteiger partial charge in [-0.1, -0.05) is 17.7 Å². The number of benzene rings is 1. The van der Waals surface area contributed by atoms with Crippen molar-refractivity contribution in [3.05, 3.63) is 49.8 Å². The minimum Gasteiger partial charge on any atom is -0.318 e. The molecule has 0 aliphatic heterocycles. The molecule has 1 amide bonds. The molecule has 0 saturated heterocycles. The van der Waals surface area contributed by atoms with E-state index in [2.05, 4.69) is 21.2 Å². The molecule has 0 atom stereocenters. The summed E-state index contributed by atoms with van der Waals surface area (Å²) < 4.78 is 14.3. The number of para-hydroxylation sites is 1. The highest BCUT2D eigenvalue weighted by Gasteiger charge is 2.13. The van der Waals surface area contributed by atoms with Crippen molar-refractivity contribution in [2.45, 2.75) is 0 Å². The Morgan fingerprint density at radius 1 is 1.47 bits per heavy atom. The number of carbonyl (C=O) groups excluding carboxylic acids is 1. The Hall–Kier alpha value is -0.910. The Morgan fingerprint density at radius 2 is 2.24 bits per heavy atom. The summed E-state index contributed by atoms with van der Waals surface area (Å²) in [7, 11) is 0. The zero-order chi connectivity index (χ0) is 12.4. The van der Waals surface area contributed by atoms with Gasteiger partial charge in [0, 0.05) is 5.38 Å². The number of carbonyl (C=O) groups is 1. The predicted molar refractivity (Wildman–Crippen MR) is 71.4 cm³/mol. The Kier molecular flexibility index (Phi) is 3.81. The summed E-state index contributed by atoms with van der Waals surface area (Å²) in [4.78, 5) is 11.8. The van der Waals surface area contributed by atoms with Crippen molar-refractivity contribution in [1.29, 1.82) is 0 Å². The number of anilines is 1. The van der Waals surface area contributed by atoms with Gasteiger partial charge >= 0.3 is 0 Å². The van der Waals surface area contributed by atoms with E-state index in [4.69, 9.17) is 11.6 Å². The Bertz CT molecular complexity index is 552. The van der Waals surface area contributed by atoms with Gasteiger partial charge in [-0.25, -0.2) is 4.39 Å². The Labute approximate surface area is 115 Å². The normalized spacial score (nSPS) is 10.3. The van der Waals surface area contributed by atoms with Crippen LogP contribution in [0.5, 0.6) is 0 Å². The first kappa shape index (κ1) is 12.5. The molecule has 2 nitrogen and oxygen atoms in total. The van der Waals surface area contributed by atoms with Gasteiger partial charge < -0.3 is 5.32 Å². The number of amides is 1. The van der Waals surface area contributed by atoms with Crippen LogP contribution in [-0.4, -0.2) is 5.91 Å². The largest absolute Gasteiger partial charge is 0.318 e. The van der Waals surface area contributed by atoms with Crippen LogP contribution < -0.4 is 5.32 Å². The fourth-order valence-electron chi connectivity index (χ4n) is 1.23. The Balaban J connectivity index is 2.24. The molecule has 17 heavy (non-hydrogen) atoms. The number of rotatable bonds is 2. The summed E-state index contributed by atoms with van der Waals surface area (Å²) in [6, 6.07) is 5.90. The number of nitrogens with one attached hydrogen (secondary N) is 1. The second-order valence-corrected chi connectivity index (χ2v) is 5.89. The molecule has 1 heterocycles. The highest BCUT2D eigenvalue weighted by molar-refractivity contribution is 9.11. The second-order valence-electron chi connectivity index (χ2n) is 3.19. The molecule has 0 radical (unpaired) electrons. The maximum Gasteiger partial charge on any atom is 0.256 e. The summed E-state index contributed by atoms with van der Waals surface area (Å²) in [6.45, 7) is 0. The molecule has 2 aromatic rings. The fraction of sp³-hybridized carbons (Fsp3) is 0. The molecule has 1 aromatic carbocycles. The van der Waals surface area contributed by atoms with E-state index in [1.54, 1.807) is 11.4 Å². The van der Waals surface area contributed by atoms with Crippen LogP contribution in [0.25, 0.3) is 0 Å². The van der Waals surface area contributed by atoms with Crippen LogP contribution in [0, 0.1) is 5.82 Å². The summed E-state index contributed by atoms with van der Waals surface area (Å²) in [5.74, 6) is -0.945. The van der Waals surface area contributed by atoms with Crippen LogP contribution >= 0.6 is 38.9 Å². The van der Waals surface area contributed by atoms with Crippen LogP contribution in [0.1, 0.15) is 10.4 Å². The third-order valence-electron chi connectivity index (χ3n) is 2.03. The molecule has 0 aliphatic carbocycles. The summed E-state index contributed by atoms with van der Waals surface area (Å²) in [5, 5.41) is 4.30. The number of hydrogen-bond acceptors (Lipinski definition) is 2. The third-order valence-corrected chi connectivity index (χ3v) is 3.85. The molecular formula is C11H6BrClFNOS. The number of hydrogen-bond donors (Lipinski definition) is 1. The van der Waals surface area contributed by atoms with E-state index in [1.165, 1.54) is 29.5 Å². The van der Waals surface area contributed by atoms with E-state index in [1.807, 2.05) is 0 Å². The summed E-state index contributed by atoms with van der Waals surface area (Å²) >= 11 is 10.4. The van der Waals surface area contributed by atoms with E-state index in [9.17, 15) is 9.18 Å². The summed E-state index contributed by atoms with van der Waals surface area (Å²) in [5.41, 5.74) is 0.461. The lowest BCUT2D eigenvalue weighted by Crippen LogP contribution is -2.12. The molecule has 0 saturated carbocycles. The molecule has 0 unspecified atom stereocenters. The van der Waals surface area contributed by atoms with E-state index >= 15 is 0 Å². The van der Waals surface area contributed by atoms with Crippen LogP contribution in [0.2, 0.25) is 5.02 Å². The first-order chi connectivity index (χ1) is 8.08. The monoisotopic (exact) mass is 333 g/mol. The van der Waals surface area contributed by atoms with E-state index < -0.39 is 5.82 Å². The first-order valence-corrected chi connectivity index (χ1v) is 6.62. The number of halogens is 3.